The van der Waals surface area contributed by atoms with Gasteiger partial charge < -0.3 is 22.8 Å². The standard InChI is InChI=1S/C17H26O5Si/c1-18-23(19-2,20-3)11-8-14-6-7-16-15(12-14)13-21-17(22-16)9-4-5-10-17/h6-7,12H,4-5,8-11,13H2,1-3H3. The maximum atomic E-state index is 6.16. The Bertz CT molecular complexity index is 530. The number of benzene rings is 1. The molecule has 1 spiro atoms. The van der Waals surface area contributed by atoms with Crippen LogP contribution in [0.25, 0.3) is 0 Å². The molecule has 1 aromatic carbocycles. The molecule has 0 radical (unpaired) electrons. The smallest absolute Gasteiger partial charge is 0.462 e. The molecule has 5 nitrogen and oxygen atoms in total. The molecule has 23 heavy (non-hydrogen) atoms. The first-order valence-electron chi connectivity index (χ1n) is 8.24. The molecule has 0 N–H and O–H groups in total. The minimum atomic E-state index is -2.52. The van der Waals surface area contributed by atoms with Crippen molar-refractivity contribution in [1.82, 2.24) is 0 Å². The van der Waals surface area contributed by atoms with E-state index in [2.05, 4.69) is 18.2 Å². The largest absolute Gasteiger partial charge is 0.500 e. The van der Waals surface area contributed by atoms with Gasteiger partial charge in [0.25, 0.3) is 0 Å². The Labute approximate surface area is 139 Å². The highest BCUT2D eigenvalue weighted by molar-refractivity contribution is 6.60. The Morgan fingerprint density at radius 3 is 2.43 bits per heavy atom. The number of rotatable bonds is 6. The molecule has 1 heterocycles. The predicted molar refractivity (Wildman–Crippen MR) is 88.4 cm³/mol. The van der Waals surface area contributed by atoms with E-state index in [1.165, 1.54) is 18.4 Å². The first kappa shape index (κ1) is 16.9. The summed E-state index contributed by atoms with van der Waals surface area (Å²) in [4.78, 5) is 0. The van der Waals surface area contributed by atoms with Gasteiger partial charge in [-0.05, 0) is 37.0 Å². The van der Waals surface area contributed by atoms with Crippen molar-refractivity contribution in [3.63, 3.8) is 0 Å². The SMILES string of the molecule is CO[Si](CCc1ccc2c(c1)COC1(CCCC1)O2)(OC)OC. The summed E-state index contributed by atoms with van der Waals surface area (Å²) in [6, 6.07) is 7.11. The van der Waals surface area contributed by atoms with Crippen LogP contribution in [0.3, 0.4) is 0 Å². The Balaban J connectivity index is 1.68. The summed E-state index contributed by atoms with van der Waals surface area (Å²) in [5.41, 5.74) is 2.35. The highest BCUT2D eigenvalue weighted by Gasteiger charge is 2.41. The molecule has 0 unspecified atom stereocenters. The van der Waals surface area contributed by atoms with Crippen LogP contribution in [0.4, 0.5) is 0 Å². The lowest BCUT2D eigenvalue weighted by Crippen LogP contribution is -2.43. The van der Waals surface area contributed by atoms with Crippen molar-refractivity contribution >= 4 is 8.80 Å². The zero-order chi connectivity index (χ0) is 16.3. The third-order valence-electron chi connectivity index (χ3n) is 4.93. The highest BCUT2D eigenvalue weighted by Crippen LogP contribution is 2.41. The molecular formula is C17H26O5Si. The van der Waals surface area contributed by atoms with Crippen LogP contribution in [0.15, 0.2) is 18.2 Å². The molecule has 1 saturated carbocycles. The number of hydrogen-bond donors (Lipinski definition) is 0. The normalized spacial score (nSPS) is 19.6. The van der Waals surface area contributed by atoms with Crippen molar-refractivity contribution in [3.05, 3.63) is 29.3 Å². The van der Waals surface area contributed by atoms with Gasteiger partial charge in [0.15, 0.2) is 0 Å². The second-order valence-corrected chi connectivity index (χ2v) is 9.34. The molecule has 6 heteroatoms. The average molecular weight is 338 g/mol. The zero-order valence-corrected chi connectivity index (χ0v) is 15.2. The van der Waals surface area contributed by atoms with Crippen molar-refractivity contribution in [2.45, 2.75) is 50.5 Å². The van der Waals surface area contributed by atoms with Gasteiger partial charge in [-0.15, -0.1) is 0 Å². The fourth-order valence-corrected chi connectivity index (χ4v) is 5.16. The second kappa shape index (κ2) is 6.90. The molecule has 0 bridgehead atoms. The van der Waals surface area contributed by atoms with Gasteiger partial charge in [-0.3, -0.25) is 0 Å². The maximum Gasteiger partial charge on any atom is 0.500 e. The van der Waals surface area contributed by atoms with E-state index in [0.29, 0.717) is 6.61 Å². The second-order valence-electron chi connectivity index (χ2n) is 6.25. The topological polar surface area (TPSA) is 46.2 Å². The monoisotopic (exact) mass is 338 g/mol. The van der Waals surface area contributed by atoms with Gasteiger partial charge in [0.1, 0.15) is 5.75 Å². The van der Waals surface area contributed by atoms with Crippen molar-refractivity contribution in [2.24, 2.45) is 0 Å². The van der Waals surface area contributed by atoms with Crippen LogP contribution < -0.4 is 4.74 Å². The minimum absolute atomic E-state index is 0.362. The van der Waals surface area contributed by atoms with Gasteiger partial charge in [-0.2, -0.15) is 0 Å². The molecule has 0 aromatic heterocycles. The summed E-state index contributed by atoms with van der Waals surface area (Å²) in [5, 5.41) is 0. The zero-order valence-electron chi connectivity index (χ0n) is 14.2. The maximum absolute atomic E-state index is 6.16. The van der Waals surface area contributed by atoms with Gasteiger partial charge >= 0.3 is 8.80 Å². The number of ether oxygens (including phenoxy) is 2. The molecule has 3 rings (SSSR count). The van der Waals surface area contributed by atoms with E-state index in [1.54, 1.807) is 21.3 Å². The van der Waals surface area contributed by atoms with Crippen molar-refractivity contribution in [2.75, 3.05) is 21.3 Å². The van der Waals surface area contributed by atoms with Gasteiger partial charge in [0.2, 0.25) is 5.79 Å². The molecule has 1 aliphatic heterocycles. The first-order chi connectivity index (χ1) is 11.1. The summed E-state index contributed by atoms with van der Waals surface area (Å²) in [6.07, 6.45) is 5.21. The van der Waals surface area contributed by atoms with E-state index in [0.717, 1.165) is 36.6 Å². The average Bonchev–Trinajstić information content (AvgIpc) is 3.04. The number of fused-ring (bicyclic) bond motifs is 1. The number of aryl methyl sites for hydroxylation is 1. The molecule has 1 fully saturated rings. The lowest BCUT2D eigenvalue weighted by atomic mass is 10.1. The number of hydrogen-bond acceptors (Lipinski definition) is 5. The van der Waals surface area contributed by atoms with Crippen LogP contribution in [-0.2, 0) is 31.0 Å². The van der Waals surface area contributed by atoms with Crippen molar-refractivity contribution < 1.29 is 22.8 Å². The Morgan fingerprint density at radius 1 is 1.09 bits per heavy atom. The lowest BCUT2D eigenvalue weighted by molar-refractivity contribution is -0.200. The minimum Gasteiger partial charge on any atom is -0.462 e. The van der Waals surface area contributed by atoms with Gasteiger partial charge in [0.05, 0.1) is 6.61 Å². The molecular weight excluding hydrogens is 312 g/mol. The first-order valence-corrected chi connectivity index (χ1v) is 10.2. The van der Waals surface area contributed by atoms with Crippen molar-refractivity contribution in [1.29, 1.82) is 0 Å². The Morgan fingerprint density at radius 2 is 1.78 bits per heavy atom. The van der Waals surface area contributed by atoms with E-state index in [-0.39, 0.29) is 5.79 Å². The molecule has 128 valence electrons. The van der Waals surface area contributed by atoms with Crippen LogP contribution in [0.2, 0.25) is 6.04 Å². The Kier molecular flexibility index (Phi) is 5.08. The third-order valence-corrected chi connectivity index (χ3v) is 7.66. The summed E-state index contributed by atoms with van der Waals surface area (Å²) in [6.45, 7) is 0.630. The van der Waals surface area contributed by atoms with Crippen LogP contribution in [0.5, 0.6) is 5.75 Å². The third kappa shape index (κ3) is 3.46. The van der Waals surface area contributed by atoms with Crippen LogP contribution in [0, 0.1) is 0 Å². The van der Waals surface area contributed by atoms with Crippen LogP contribution in [-0.4, -0.2) is 35.9 Å². The van der Waals surface area contributed by atoms with Crippen LogP contribution >= 0.6 is 0 Å². The van der Waals surface area contributed by atoms with E-state index in [1.807, 2.05) is 0 Å². The van der Waals surface area contributed by atoms with Crippen LogP contribution in [0.1, 0.15) is 36.8 Å². The van der Waals surface area contributed by atoms with E-state index in [4.69, 9.17) is 22.8 Å². The quantitative estimate of drug-likeness (QED) is 0.745. The molecule has 2 aliphatic rings. The van der Waals surface area contributed by atoms with Gasteiger partial charge in [0, 0.05) is 45.8 Å². The molecule has 1 aliphatic carbocycles. The summed E-state index contributed by atoms with van der Waals surface area (Å²) < 4.78 is 28.6. The van der Waals surface area contributed by atoms with E-state index >= 15 is 0 Å². The fraction of sp³-hybridized carbons (Fsp3) is 0.647. The molecule has 0 amide bonds. The summed E-state index contributed by atoms with van der Waals surface area (Å²) in [7, 11) is 2.42. The Hall–Kier alpha value is -0.923. The molecule has 0 saturated heterocycles. The van der Waals surface area contributed by atoms with Gasteiger partial charge in [-0.1, -0.05) is 6.07 Å². The summed E-state index contributed by atoms with van der Waals surface area (Å²) in [5.74, 6) is 0.606. The van der Waals surface area contributed by atoms with Crippen molar-refractivity contribution in [3.8, 4) is 5.75 Å². The molecule has 1 aromatic rings. The molecule has 0 atom stereocenters. The highest BCUT2D eigenvalue weighted by atomic mass is 28.4. The van der Waals surface area contributed by atoms with E-state index in [9.17, 15) is 0 Å². The summed E-state index contributed by atoms with van der Waals surface area (Å²) >= 11 is 0. The van der Waals surface area contributed by atoms with Gasteiger partial charge in [-0.25, -0.2) is 0 Å². The predicted octanol–water partition coefficient (Wildman–Crippen LogP) is 3.29. The van der Waals surface area contributed by atoms with E-state index < -0.39 is 8.80 Å². The lowest BCUT2D eigenvalue weighted by Gasteiger charge is -2.35. The fourth-order valence-electron chi connectivity index (χ4n) is 3.45.